The molecule has 3 aromatic rings. The van der Waals surface area contributed by atoms with Gasteiger partial charge in [-0.05, 0) is 13.0 Å². The summed E-state index contributed by atoms with van der Waals surface area (Å²) in [5.41, 5.74) is -0.339. The van der Waals surface area contributed by atoms with Crippen LogP contribution in [-0.4, -0.2) is 33.1 Å². The SMILES string of the molecule is COc1ccccc1Cc1nnc(NC(=O)c2cc([N+](=O)[O-])cc([N+](=O)[O-])c2C)s1. The largest absolute Gasteiger partial charge is 0.496 e. The Balaban J connectivity index is 1.83. The summed E-state index contributed by atoms with van der Waals surface area (Å²) >= 11 is 1.12. The minimum atomic E-state index is -0.792. The van der Waals surface area contributed by atoms with Crippen LogP contribution >= 0.6 is 11.3 Å². The Morgan fingerprint density at radius 2 is 1.90 bits per heavy atom. The lowest BCUT2D eigenvalue weighted by Gasteiger charge is -2.06. The van der Waals surface area contributed by atoms with Crippen molar-refractivity contribution in [2.45, 2.75) is 13.3 Å². The molecule has 0 spiro atoms. The number of methoxy groups -OCH3 is 1. The third-order valence-electron chi connectivity index (χ3n) is 4.24. The van der Waals surface area contributed by atoms with Gasteiger partial charge in [0.1, 0.15) is 10.8 Å². The van der Waals surface area contributed by atoms with Crippen LogP contribution in [0.2, 0.25) is 0 Å². The number of benzene rings is 2. The molecule has 0 saturated heterocycles. The standard InChI is InChI=1S/C18H15N5O6S/c1-10-13(8-12(22(25)26)9-14(10)23(27)28)17(24)19-18-21-20-16(30-18)7-11-5-3-4-6-15(11)29-2/h3-6,8-9H,7H2,1-2H3,(H,19,21,24). The van der Waals surface area contributed by atoms with Gasteiger partial charge < -0.3 is 4.74 Å². The van der Waals surface area contributed by atoms with E-state index in [0.29, 0.717) is 17.2 Å². The molecule has 0 unspecified atom stereocenters. The zero-order valence-corrected chi connectivity index (χ0v) is 16.6. The molecular weight excluding hydrogens is 414 g/mol. The van der Waals surface area contributed by atoms with Crippen LogP contribution < -0.4 is 10.1 Å². The van der Waals surface area contributed by atoms with Crippen molar-refractivity contribution >= 4 is 33.8 Å². The summed E-state index contributed by atoms with van der Waals surface area (Å²) < 4.78 is 5.30. The van der Waals surface area contributed by atoms with Crippen LogP contribution in [0.4, 0.5) is 16.5 Å². The van der Waals surface area contributed by atoms with Gasteiger partial charge in [-0.1, -0.05) is 29.5 Å². The molecule has 0 aliphatic carbocycles. The second-order valence-corrected chi connectivity index (χ2v) is 7.16. The van der Waals surface area contributed by atoms with E-state index < -0.39 is 27.1 Å². The molecule has 154 valence electrons. The van der Waals surface area contributed by atoms with Gasteiger partial charge in [0.15, 0.2) is 0 Å². The third kappa shape index (κ3) is 4.38. The average molecular weight is 429 g/mol. The Bertz CT molecular complexity index is 1150. The Hall–Kier alpha value is -3.93. The summed E-state index contributed by atoms with van der Waals surface area (Å²) in [6, 6.07) is 9.21. The van der Waals surface area contributed by atoms with Gasteiger partial charge in [0.05, 0.1) is 28.6 Å². The first-order valence-electron chi connectivity index (χ1n) is 8.49. The van der Waals surface area contributed by atoms with Gasteiger partial charge in [0.25, 0.3) is 17.3 Å². The maximum atomic E-state index is 12.6. The maximum Gasteiger partial charge on any atom is 0.279 e. The van der Waals surface area contributed by atoms with Crippen molar-refractivity contribution in [3.63, 3.8) is 0 Å². The summed E-state index contributed by atoms with van der Waals surface area (Å²) in [5.74, 6) is -0.0582. The molecule has 11 nitrogen and oxygen atoms in total. The first kappa shape index (κ1) is 20.8. The fourth-order valence-electron chi connectivity index (χ4n) is 2.77. The normalized spacial score (nSPS) is 10.5. The van der Waals surface area contributed by atoms with Gasteiger partial charge in [0, 0.05) is 23.6 Å². The van der Waals surface area contributed by atoms with E-state index in [1.807, 2.05) is 24.3 Å². The topological polar surface area (TPSA) is 150 Å². The minimum absolute atomic E-state index is 0.0156. The first-order valence-corrected chi connectivity index (χ1v) is 9.31. The molecule has 0 atom stereocenters. The number of rotatable bonds is 7. The van der Waals surface area contributed by atoms with E-state index in [9.17, 15) is 25.0 Å². The Morgan fingerprint density at radius 3 is 2.57 bits per heavy atom. The van der Waals surface area contributed by atoms with Crippen LogP contribution in [0, 0.1) is 27.2 Å². The lowest BCUT2D eigenvalue weighted by molar-refractivity contribution is -0.394. The number of hydrogen-bond donors (Lipinski definition) is 1. The monoisotopic (exact) mass is 429 g/mol. The molecule has 1 heterocycles. The van der Waals surface area contributed by atoms with E-state index >= 15 is 0 Å². The lowest BCUT2D eigenvalue weighted by atomic mass is 10.0. The van der Waals surface area contributed by atoms with Crippen molar-refractivity contribution in [3.05, 3.63) is 78.3 Å². The number of carbonyl (C=O) groups is 1. The van der Waals surface area contributed by atoms with Gasteiger partial charge in [-0.3, -0.25) is 30.3 Å². The molecule has 1 amide bonds. The van der Waals surface area contributed by atoms with Crippen LogP contribution in [0.1, 0.15) is 26.5 Å². The van der Waals surface area contributed by atoms with Crippen molar-refractivity contribution in [2.75, 3.05) is 12.4 Å². The first-order chi connectivity index (χ1) is 14.3. The Kier molecular flexibility index (Phi) is 5.97. The smallest absolute Gasteiger partial charge is 0.279 e. The number of hydrogen-bond acceptors (Lipinski definition) is 9. The number of carbonyl (C=O) groups excluding carboxylic acids is 1. The molecule has 3 rings (SSSR count). The number of non-ortho nitro benzene ring substituents is 1. The number of nitrogens with one attached hydrogen (secondary N) is 1. The number of ether oxygens (including phenoxy) is 1. The van der Waals surface area contributed by atoms with E-state index in [1.165, 1.54) is 6.92 Å². The summed E-state index contributed by atoms with van der Waals surface area (Å²) in [7, 11) is 1.56. The summed E-state index contributed by atoms with van der Waals surface area (Å²) in [6.45, 7) is 1.35. The van der Waals surface area contributed by atoms with Crippen LogP contribution in [-0.2, 0) is 6.42 Å². The summed E-state index contributed by atoms with van der Waals surface area (Å²) in [4.78, 5) is 33.3. The number of nitro groups is 2. The number of amides is 1. The Morgan fingerprint density at radius 1 is 1.17 bits per heavy atom. The predicted molar refractivity (Wildman–Crippen MR) is 108 cm³/mol. The van der Waals surface area contributed by atoms with E-state index in [4.69, 9.17) is 4.74 Å². The Labute approximate surface area is 173 Å². The quantitative estimate of drug-likeness (QED) is 0.442. The fourth-order valence-corrected chi connectivity index (χ4v) is 3.52. The highest BCUT2D eigenvalue weighted by molar-refractivity contribution is 7.15. The van der Waals surface area contributed by atoms with Crippen molar-refractivity contribution < 1.29 is 19.4 Å². The van der Waals surface area contributed by atoms with Crippen molar-refractivity contribution in [2.24, 2.45) is 0 Å². The van der Waals surface area contributed by atoms with E-state index in [0.717, 1.165) is 29.0 Å². The van der Waals surface area contributed by atoms with Crippen molar-refractivity contribution in [1.29, 1.82) is 0 Å². The molecule has 1 aromatic heterocycles. The summed E-state index contributed by atoms with van der Waals surface area (Å²) in [5, 5.41) is 33.5. The van der Waals surface area contributed by atoms with Crippen LogP contribution in [0.25, 0.3) is 0 Å². The zero-order valence-electron chi connectivity index (χ0n) is 15.8. The van der Waals surface area contributed by atoms with Gasteiger partial charge in [-0.15, -0.1) is 10.2 Å². The van der Waals surface area contributed by atoms with E-state index in [1.54, 1.807) is 7.11 Å². The summed E-state index contributed by atoms with van der Waals surface area (Å²) in [6.07, 6.45) is 0.429. The number of aromatic nitrogens is 2. The lowest BCUT2D eigenvalue weighted by Crippen LogP contribution is -2.14. The molecule has 12 heteroatoms. The molecule has 2 aromatic carbocycles. The maximum absolute atomic E-state index is 12.6. The number of para-hydroxylation sites is 1. The van der Waals surface area contributed by atoms with Gasteiger partial charge in [-0.25, -0.2) is 0 Å². The van der Waals surface area contributed by atoms with Gasteiger partial charge >= 0.3 is 0 Å². The van der Waals surface area contributed by atoms with E-state index in [-0.39, 0.29) is 16.3 Å². The van der Waals surface area contributed by atoms with Crippen molar-refractivity contribution in [1.82, 2.24) is 10.2 Å². The second kappa shape index (κ2) is 8.61. The molecule has 0 bridgehead atoms. The highest BCUT2D eigenvalue weighted by Gasteiger charge is 2.25. The van der Waals surface area contributed by atoms with Crippen molar-refractivity contribution in [3.8, 4) is 5.75 Å². The van der Waals surface area contributed by atoms with Gasteiger partial charge in [-0.2, -0.15) is 0 Å². The van der Waals surface area contributed by atoms with Gasteiger partial charge in [0.2, 0.25) is 5.13 Å². The molecule has 0 radical (unpaired) electrons. The second-order valence-electron chi connectivity index (χ2n) is 6.10. The van der Waals surface area contributed by atoms with Crippen LogP contribution in [0.5, 0.6) is 5.75 Å². The number of anilines is 1. The third-order valence-corrected chi connectivity index (χ3v) is 5.08. The zero-order chi connectivity index (χ0) is 21.8. The molecule has 30 heavy (non-hydrogen) atoms. The van der Waals surface area contributed by atoms with E-state index in [2.05, 4.69) is 15.5 Å². The molecular formula is C18H15N5O6S. The highest BCUT2D eigenvalue weighted by atomic mass is 32.1. The van der Waals surface area contributed by atoms with Crippen LogP contribution in [0.3, 0.4) is 0 Å². The fraction of sp³-hybridized carbons (Fsp3) is 0.167. The average Bonchev–Trinajstić information content (AvgIpc) is 3.14. The molecule has 0 fully saturated rings. The number of nitrogens with zero attached hydrogens (tertiary/aromatic N) is 4. The molecule has 0 saturated carbocycles. The highest BCUT2D eigenvalue weighted by Crippen LogP contribution is 2.29. The minimum Gasteiger partial charge on any atom is -0.496 e. The van der Waals surface area contributed by atoms with Crippen LogP contribution in [0.15, 0.2) is 36.4 Å². The molecule has 0 aliphatic heterocycles. The molecule has 1 N–H and O–H groups in total. The number of nitro benzene ring substituents is 2. The molecule has 0 aliphatic rings. The predicted octanol–water partition coefficient (Wildman–Crippen LogP) is 3.51.